The molecule has 0 radical (unpaired) electrons. The number of likely N-dealkylation sites (N-methyl/N-ethyl adjacent to an activating group) is 1. The quantitative estimate of drug-likeness (QED) is 0.808. The molecule has 7 heteroatoms. The minimum atomic E-state index is -0.497. The van der Waals surface area contributed by atoms with Gasteiger partial charge < -0.3 is 20.0 Å². The van der Waals surface area contributed by atoms with Gasteiger partial charge in [0.15, 0.2) is 0 Å². The molecule has 2 saturated heterocycles. The van der Waals surface area contributed by atoms with E-state index < -0.39 is 6.04 Å². The van der Waals surface area contributed by atoms with Gasteiger partial charge in [-0.25, -0.2) is 0 Å². The van der Waals surface area contributed by atoms with Gasteiger partial charge in [0.2, 0.25) is 17.7 Å². The summed E-state index contributed by atoms with van der Waals surface area (Å²) in [6.07, 6.45) is 0.873. The third kappa shape index (κ3) is 4.40. The molecule has 1 atom stereocenters. The summed E-state index contributed by atoms with van der Waals surface area (Å²) in [4.78, 5) is 42.6. The zero-order valence-corrected chi connectivity index (χ0v) is 15.2. The molecule has 26 heavy (non-hydrogen) atoms. The summed E-state index contributed by atoms with van der Waals surface area (Å²) >= 11 is 0. The second kappa shape index (κ2) is 8.31. The molecule has 3 rings (SSSR count). The van der Waals surface area contributed by atoms with Gasteiger partial charge in [-0.15, -0.1) is 0 Å². The lowest BCUT2D eigenvalue weighted by molar-refractivity contribution is -0.137. The fourth-order valence-corrected chi connectivity index (χ4v) is 3.43. The Morgan fingerprint density at radius 1 is 1.12 bits per heavy atom. The Labute approximate surface area is 153 Å². The number of nitrogens with zero attached hydrogens (tertiary/aromatic N) is 3. The van der Waals surface area contributed by atoms with Gasteiger partial charge in [0, 0.05) is 39.1 Å². The third-order valence-corrected chi connectivity index (χ3v) is 5.10. The van der Waals surface area contributed by atoms with E-state index in [2.05, 4.69) is 10.2 Å². The molecule has 1 unspecified atom stereocenters. The number of piperazine rings is 1. The first-order valence-corrected chi connectivity index (χ1v) is 9.12. The highest BCUT2D eigenvalue weighted by molar-refractivity contribution is 5.92. The lowest BCUT2D eigenvalue weighted by Crippen LogP contribution is -2.51. The molecule has 140 valence electrons. The molecule has 0 aliphatic carbocycles. The van der Waals surface area contributed by atoms with Gasteiger partial charge >= 0.3 is 0 Å². The van der Waals surface area contributed by atoms with Crippen LogP contribution in [0.15, 0.2) is 30.3 Å². The predicted octanol–water partition coefficient (Wildman–Crippen LogP) is 0.0678. The molecular weight excluding hydrogens is 332 g/mol. The Balaban J connectivity index is 1.53. The smallest absolute Gasteiger partial charge is 0.243 e. The standard InChI is InChI=1S/C19H26N4O3/c1-21-9-11-22(12-10-21)18(25)13-20-19(26)16-7-8-17(24)23(16)14-15-5-3-2-4-6-15/h2-6,16H,7-14H2,1H3,(H,20,26). The van der Waals surface area contributed by atoms with Crippen molar-refractivity contribution in [3.05, 3.63) is 35.9 Å². The highest BCUT2D eigenvalue weighted by atomic mass is 16.2. The molecule has 1 aromatic rings. The molecule has 2 aliphatic heterocycles. The molecule has 0 aromatic heterocycles. The Hall–Kier alpha value is -2.41. The Kier molecular flexibility index (Phi) is 5.88. The van der Waals surface area contributed by atoms with Crippen LogP contribution in [0.3, 0.4) is 0 Å². The van der Waals surface area contributed by atoms with E-state index in [0.717, 1.165) is 18.7 Å². The van der Waals surface area contributed by atoms with Gasteiger partial charge in [-0.1, -0.05) is 30.3 Å². The summed E-state index contributed by atoms with van der Waals surface area (Å²) in [7, 11) is 2.03. The van der Waals surface area contributed by atoms with Crippen LogP contribution in [-0.4, -0.2) is 78.2 Å². The van der Waals surface area contributed by atoms with Crippen LogP contribution in [-0.2, 0) is 20.9 Å². The minimum absolute atomic E-state index is 0.00752. The number of carbonyl (C=O) groups excluding carboxylic acids is 3. The number of rotatable bonds is 5. The summed E-state index contributed by atoms with van der Waals surface area (Å²) < 4.78 is 0. The van der Waals surface area contributed by atoms with E-state index in [-0.39, 0.29) is 24.3 Å². The summed E-state index contributed by atoms with van der Waals surface area (Å²) in [5.74, 6) is -0.320. The summed E-state index contributed by atoms with van der Waals surface area (Å²) in [6.45, 7) is 3.49. The van der Waals surface area contributed by atoms with Gasteiger partial charge in [0.25, 0.3) is 0 Å². The molecule has 2 aliphatic rings. The van der Waals surface area contributed by atoms with E-state index in [1.807, 2.05) is 37.4 Å². The van der Waals surface area contributed by atoms with E-state index in [1.54, 1.807) is 9.80 Å². The highest BCUT2D eigenvalue weighted by Crippen LogP contribution is 2.21. The number of amides is 3. The SMILES string of the molecule is CN1CCN(C(=O)CNC(=O)C2CCC(=O)N2Cc2ccccc2)CC1. The molecule has 0 spiro atoms. The number of hydrogen-bond donors (Lipinski definition) is 1. The van der Waals surface area contributed by atoms with E-state index >= 15 is 0 Å². The van der Waals surface area contributed by atoms with Crippen LogP contribution in [0.1, 0.15) is 18.4 Å². The minimum Gasteiger partial charge on any atom is -0.345 e. The third-order valence-electron chi connectivity index (χ3n) is 5.10. The van der Waals surface area contributed by atoms with Gasteiger partial charge in [-0.2, -0.15) is 0 Å². The topological polar surface area (TPSA) is 73.0 Å². The van der Waals surface area contributed by atoms with Crippen molar-refractivity contribution in [3.8, 4) is 0 Å². The van der Waals surface area contributed by atoms with Crippen molar-refractivity contribution in [1.82, 2.24) is 20.0 Å². The highest BCUT2D eigenvalue weighted by Gasteiger charge is 2.36. The molecule has 2 fully saturated rings. The maximum Gasteiger partial charge on any atom is 0.243 e. The van der Waals surface area contributed by atoms with E-state index in [0.29, 0.717) is 32.5 Å². The van der Waals surface area contributed by atoms with Crippen molar-refractivity contribution in [2.75, 3.05) is 39.8 Å². The summed E-state index contributed by atoms with van der Waals surface area (Å²) in [5.41, 5.74) is 0.995. The molecule has 0 saturated carbocycles. The molecule has 1 N–H and O–H groups in total. The predicted molar refractivity (Wildman–Crippen MR) is 97.1 cm³/mol. The first-order valence-electron chi connectivity index (χ1n) is 9.12. The second-order valence-corrected chi connectivity index (χ2v) is 6.96. The van der Waals surface area contributed by atoms with Crippen molar-refractivity contribution in [1.29, 1.82) is 0 Å². The van der Waals surface area contributed by atoms with Crippen LogP contribution >= 0.6 is 0 Å². The molecule has 3 amide bonds. The van der Waals surface area contributed by atoms with Gasteiger partial charge in [-0.3, -0.25) is 14.4 Å². The second-order valence-electron chi connectivity index (χ2n) is 6.96. The number of carbonyl (C=O) groups is 3. The summed E-state index contributed by atoms with van der Waals surface area (Å²) in [5, 5.41) is 2.73. The largest absolute Gasteiger partial charge is 0.345 e. The van der Waals surface area contributed by atoms with Crippen LogP contribution in [0.4, 0.5) is 0 Å². The Morgan fingerprint density at radius 3 is 2.50 bits per heavy atom. The van der Waals surface area contributed by atoms with Crippen LogP contribution in [0.2, 0.25) is 0 Å². The van der Waals surface area contributed by atoms with Crippen molar-refractivity contribution in [2.24, 2.45) is 0 Å². The van der Waals surface area contributed by atoms with Crippen molar-refractivity contribution < 1.29 is 14.4 Å². The first-order chi connectivity index (χ1) is 12.5. The fraction of sp³-hybridized carbons (Fsp3) is 0.526. The van der Waals surface area contributed by atoms with Crippen LogP contribution < -0.4 is 5.32 Å². The van der Waals surface area contributed by atoms with Crippen molar-refractivity contribution >= 4 is 17.7 Å². The maximum atomic E-state index is 12.5. The van der Waals surface area contributed by atoms with Gasteiger partial charge in [0.05, 0.1) is 6.54 Å². The van der Waals surface area contributed by atoms with E-state index in [4.69, 9.17) is 0 Å². The zero-order valence-electron chi connectivity index (χ0n) is 15.2. The number of hydrogen-bond acceptors (Lipinski definition) is 4. The van der Waals surface area contributed by atoms with Crippen LogP contribution in [0.25, 0.3) is 0 Å². The lowest BCUT2D eigenvalue weighted by atomic mass is 10.1. The monoisotopic (exact) mass is 358 g/mol. The van der Waals surface area contributed by atoms with Crippen molar-refractivity contribution in [3.63, 3.8) is 0 Å². The van der Waals surface area contributed by atoms with Crippen LogP contribution in [0.5, 0.6) is 0 Å². The molecule has 0 bridgehead atoms. The zero-order chi connectivity index (χ0) is 18.5. The molecule has 7 nitrogen and oxygen atoms in total. The summed E-state index contributed by atoms with van der Waals surface area (Å²) in [6, 6.07) is 9.14. The lowest BCUT2D eigenvalue weighted by Gasteiger charge is -2.32. The first kappa shape index (κ1) is 18.4. The molecule has 1 aromatic carbocycles. The molecule has 2 heterocycles. The normalized spacial score (nSPS) is 21.1. The van der Waals surface area contributed by atoms with Crippen LogP contribution in [0, 0.1) is 0 Å². The maximum absolute atomic E-state index is 12.5. The number of likely N-dealkylation sites (tertiary alicyclic amines) is 1. The molecular formula is C19H26N4O3. The van der Waals surface area contributed by atoms with E-state index in [1.165, 1.54) is 0 Å². The Bertz CT molecular complexity index is 656. The van der Waals surface area contributed by atoms with Gasteiger partial charge in [-0.05, 0) is 19.0 Å². The van der Waals surface area contributed by atoms with E-state index in [9.17, 15) is 14.4 Å². The number of benzene rings is 1. The average molecular weight is 358 g/mol. The van der Waals surface area contributed by atoms with Gasteiger partial charge in [0.1, 0.15) is 6.04 Å². The fourth-order valence-electron chi connectivity index (χ4n) is 3.43. The number of nitrogens with one attached hydrogen (secondary N) is 1. The van der Waals surface area contributed by atoms with Crippen molar-refractivity contribution in [2.45, 2.75) is 25.4 Å². The average Bonchev–Trinajstić information content (AvgIpc) is 3.01. The Morgan fingerprint density at radius 2 is 1.81 bits per heavy atom.